The smallest absolute Gasteiger partial charge is 0.417 e. The number of rotatable bonds is 12. The predicted octanol–water partition coefficient (Wildman–Crippen LogP) is 7.18. The molecule has 0 unspecified atom stereocenters. The highest BCUT2D eigenvalue weighted by atomic mass is 32.2. The largest absolute Gasteiger partial charge is 0.497 e. The maximum Gasteiger partial charge on any atom is 0.417 e. The molecule has 0 aliphatic carbocycles. The number of pyridine rings is 1. The Hall–Kier alpha value is -2.78. The molecule has 1 aliphatic rings. The number of halogens is 3. The van der Waals surface area contributed by atoms with Crippen molar-refractivity contribution >= 4 is 28.6 Å². The number of nitrogens with zero attached hydrogens (tertiary/aromatic N) is 2. The van der Waals surface area contributed by atoms with E-state index < -0.39 is 17.7 Å². The highest BCUT2D eigenvalue weighted by molar-refractivity contribution is 7.99. The average Bonchev–Trinajstić information content (AvgIpc) is 2.91. The van der Waals surface area contributed by atoms with Crippen LogP contribution in [0.15, 0.2) is 59.6 Å². The van der Waals surface area contributed by atoms with Crippen LogP contribution in [-0.2, 0) is 17.4 Å². The van der Waals surface area contributed by atoms with Crippen LogP contribution in [0.1, 0.15) is 43.2 Å². The van der Waals surface area contributed by atoms with Gasteiger partial charge in [0.2, 0.25) is 0 Å². The van der Waals surface area contributed by atoms with Gasteiger partial charge in [-0.1, -0.05) is 12.1 Å². The average molecular weight is 561 g/mol. The van der Waals surface area contributed by atoms with E-state index in [1.54, 1.807) is 13.2 Å². The molecule has 0 saturated carbocycles. The van der Waals surface area contributed by atoms with Crippen molar-refractivity contribution in [1.82, 2.24) is 9.88 Å². The van der Waals surface area contributed by atoms with Crippen LogP contribution in [0.4, 0.5) is 13.2 Å². The number of carbonyl (C=O) groups is 1. The molecule has 9 heteroatoms. The summed E-state index contributed by atoms with van der Waals surface area (Å²) in [6.07, 6.45) is 2.12. The molecule has 2 aromatic carbocycles. The number of hydrogen-bond acceptors (Lipinski definition) is 5. The van der Waals surface area contributed by atoms with Gasteiger partial charge in [0.15, 0.2) is 0 Å². The lowest BCUT2D eigenvalue weighted by molar-refractivity contribution is -0.140. The van der Waals surface area contributed by atoms with E-state index in [1.165, 1.54) is 29.5 Å². The molecule has 5 nitrogen and oxygen atoms in total. The molecule has 3 aromatic rings. The number of ether oxygens (including phenoxy) is 1. The SMILES string of the molecule is COc1ccc2nccc(CCC[C@@H]3CCN(CCCSc4ccccc4C(F)(F)F)C[C@@H]3CC(=O)O)c2c1. The Kier molecular flexibility index (Phi) is 10.1. The van der Waals surface area contributed by atoms with Crippen LogP contribution in [0.3, 0.4) is 0 Å². The number of methoxy groups -OCH3 is 1. The molecule has 4 rings (SSSR count). The van der Waals surface area contributed by atoms with Gasteiger partial charge in [-0.15, -0.1) is 11.8 Å². The molecule has 1 aromatic heterocycles. The van der Waals surface area contributed by atoms with E-state index in [1.807, 2.05) is 30.5 Å². The van der Waals surface area contributed by atoms with Crippen LogP contribution >= 0.6 is 11.8 Å². The Labute approximate surface area is 231 Å². The first-order chi connectivity index (χ1) is 18.7. The summed E-state index contributed by atoms with van der Waals surface area (Å²) in [5.41, 5.74) is 1.57. The predicted molar refractivity (Wildman–Crippen MR) is 148 cm³/mol. The molecule has 0 radical (unpaired) electrons. The number of benzene rings is 2. The second kappa shape index (κ2) is 13.5. The Morgan fingerprint density at radius 2 is 1.97 bits per heavy atom. The first-order valence-electron chi connectivity index (χ1n) is 13.4. The minimum absolute atomic E-state index is 0.0733. The lowest BCUT2D eigenvalue weighted by atomic mass is 9.80. The van der Waals surface area contributed by atoms with Gasteiger partial charge in [-0.3, -0.25) is 9.78 Å². The molecular formula is C30H35F3N2O3S. The second-order valence-electron chi connectivity index (χ2n) is 10.1. The van der Waals surface area contributed by atoms with Crippen LogP contribution in [0, 0.1) is 11.8 Å². The van der Waals surface area contributed by atoms with Crippen molar-refractivity contribution < 1.29 is 27.8 Å². The summed E-state index contributed by atoms with van der Waals surface area (Å²) in [7, 11) is 1.65. The van der Waals surface area contributed by atoms with Crippen molar-refractivity contribution in [2.45, 2.75) is 49.6 Å². The lowest BCUT2D eigenvalue weighted by Gasteiger charge is -2.38. The highest BCUT2D eigenvalue weighted by Gasteiger charge is 2.33. The number of piperidine rings is 1. The summed E-state index contributed by atoms with van der Waals surface area (Å²) >= 11 is 1.23. The van der Waals surface area contributed by atoms with Crippen molar-refractivity contribution in [1.29, 1.82) is 0 Å². The molecular weight excluding hydrogens is 525 g/mol. The maximum absolute atomic E-state index is 13.2. The van der Waals surface area contributed by atoms with Gasteiger partial charge in [-0.25, -0.2) is 0 Å². The number of hydrogen-bond donors (Lipinski definition) is 1. The van der Waals surface area contributed by atoms with Gasteiger partial charge >= 0.3 is 12.1 Å². The zero-order valence-corrected chi connectivity index (χ0v) is 22.9. The monoisotopic (exact) mass is 560 g/mol. The van der Waals surface area contributed by atoms with Gasteiger partial charge in [0, 0.05) is 29.4 Å². The summed E-state index contributed by atoms with van der Waals surface area (Å²) in [5, 5.41) is 10.6. The molecule has 1 fully saturated rings. The first-order valence-corrected chi connectivity index (χ1v) is 14.4. The topological polar surface area (TPSA) is 62.7 Å². The third kappa shape index (κ3) is 8.11. The minimum Gasteiger partial charge on any atom is -0.497 e. The van der Waals surface area contributed by atoms with Crippen LogP contribution in [0.2, 0.25) is 0 Å². The molecule has 1 aliphatic heterocycles. The minimum atomic E-state index is -4.35. The van der Waals surface area contributed by atoms with E-state index >= 15 is 0 Å². The van der Waals surface area contributed by atoms with Gasteiger partial charge in [0.25, 0.3) is 0 Å². The Balaban J connectivity index is 1.28. The van der Waals surface area contributed by atoms with Crippen LogP contribution < -0.4 is 4.74 Å². The van der Waals surface area contributed by atoms with Gasteiger partial charge < -0.3 is 14.7 Å². The van der Waals surface area contributed by atoms with Crippen molar-refractivity contribution in [2.24, 2.45) is 11.8 Å². The summed E-state index contributed by atoms with van der Waals surface area (Å²) in [6.45, 7) is 2.37. The molecule has 0 spiro atoms. The molecule has 2 heterocycles. The van der Waals surface area contributed by atoms with Crippen LogP contribution in [0.5, 0.6) is 5.75 Å². The number of alkyl halides is 3. The van der Waals surface area contributed by atoms with E-state index in [9.17, 15) is 23.1 Å². The van der Waals surface area contributed by atoms with Crippen molar-refractivity contribution in [3.8, 4) is 5.75 Å². The number of likely N-dealkylation sites (tertiary alicyclic amines) is 1. The molecule has 2 atom stereocenters. The normalized spacial score (nSPS) is 18.4. The highest BCUT2D eigenvalue weighted by Crippen LogP contribution is 2.37. The number of aromatic nitrogens is 1. The van der Waals surface area contributed by atoms with E-state index in [4.69, 9.17) is 4.74 Å². The van der Waals surface area contributed by atoms with Crippen LogP contribution in [-0.4, -0.2) is 53.5 Å². The third-order valence-electron chi connectivity index (χ3n) is 7.54. The van der Waals surface area contributed by atoms with Crippen molar-refractivity contribution in [3.63, 3.8) is 0 Å². The summed E-state index contributed by atoms with van der Waals surface area (Å²) in [5.74, 6) is 1.02. The zero-order chi connectivity index (χ0) is 27.8. The summed E-state index contributed by atoms with van der Waals surface area (Å²) < 4.78 is 45.1. The van der Waals surface area contributed by atoms with Gasteiger partial charge in [0.05, 0.1) is 18.2 Å². The molecule has 39 heavy (non-hydrogen) atoms. The number of thioether (sulfide) groups is 1. The Morgan fingerprint density at radius 1 is 1.15 bits per heavy atom. The molecule has 0 bridgehead atoms. The fourth-order valence-electron chi connectivity index (χ4n) is 5.57. The number of fused-ring (bicyclic) bond motifs is 1. The van der Waals surface area contributed by atoms with E-state index in [2.05, 4.69) is 9.88 Å². The van der Waals surface area contributed by atoms with Crippen molar-refractivity contribution in [3.05, 3.63) is 65.9 Å². The molecule has 1 N–H and O–H groups in total. The maximum atomic E-state index is 13.2. The fourth-order valence-corrected chi connectivity index (χ4v) is 6.58. The molecule has 1 saturated heterocycles. The van der Waals surface area contributed by atoms with E-state index in [0.717, 1.165) is 74.5 Å². The number of aryl methyl sites for hydroxylation is 1. The first kappa shape index (κ1) is 29.2. The standard InChI is InChI=1S/C30H35F3N2O3S/c1-38-24-10-11-27-25(19-24)22(12-14-34-27)7-4-6-21-13-16-35(20-23(21)18-29(36)37)15-5-17-39-28-9-3-2-8-26(28)30(31,32)33/h2-3,8-12,14,19,21,23H,4-7,13,15-18,20H2,1H3,(H,36,37)/t21-,23+/m1/s1. The molecule has 0 amide bonds. The van der Waals surface area contributed by atoms with Gasteiger partial charge in [0.1, 0.15) is 5.75 Å². The Bertz CT molecular complexity index is 1250. The van der Waals surface area contributed by atoms with Gasteiger partial charge in [-0.2, -0.15) is 13.2 Å². The summed E-state index contributed by atoms with van der Waals surface area (Å²) in [4.78, 5) is 18.6. The van der Waals surface area contributed by atoms with Crippen LogP contribution in [0.25, 0.3) is 10.9 Å². The zero-order valence-electron chi connectivity index (χ0n) is 22.1. The lowest BCUT2D eigenvalue weighted by Crippen LogP contribution is -2.42. The molecule has 210 valence electrons. The van der Waals surface area contributed by atoms with E-state index in [-0.39, 0.29) is 17.2 Å². The number of aliphatic carboxylic acids is 1. The van der Waals surface area contributed by atoms with Gasteiger partial charge in [-0.05, 0) is 105 Å². The quantitative estimate of drug-likeness (QED) is 0.187. The second-order valence-corrected chi connectivity index (χ2v) is 11.3. The summed E-state index contributed by atoms with van der Waals surface area (Å²) in [6, 6.07) is 13.6. The fraction of sp³-hybridized carbons (Fsp3) is 0.467. The van der Waals surface area contributed by atoms with Crippen molar-refractivity contribution in [2.75, 3.05) is 32.5 Å². The Morgan fingerprint density at radius 3 is 2.74 bits per heavy atom. The third-order valence-corrected chi connectivity index (χ3v) is 8.70. The number of carboxylic acid groups (broad SMARTS) is 1. The number of carboxylic acids is 1. The van der Waals surface area contributed by atoms with E-state index in [0.29, 0.717) is 11.7 Å².